The number of nitrogens with one attached hydrogen (secondary N) is 2. The zero-order valence-corrected chi connectivity index (χ0v) is 24.9. The van der Waals surface area contributed by atoms with Gasteiger partial charge in [0.25, 0.3) is 12.0 Å². The van der Waals surface area contributed by atoms with Gasteiger partial charge in [-0.1, -0.05) is 48.0 Å². The van der Waals surface area contributed by atoms with Gasteiger partial charge in [-0.2, -0.15) is 13.9 Å². The van der Waals surface area contributed by atoms with E-state index in [-0.39, 0.29) is 10.3 Å². The van der Waals surface area contributed by atoms with E-state index in [1.807, 2.05) is 0 Å². The number of hydrogen-bond acceptors (Lipinski definition) is 9. The first kappa shape index (κ1) is 33.6. The molecule has 1 saturated heterocycles. The number of aliphatic hydroxyl groups is 1. The van der Waals surface area contributed by atoms with Crippen molar-refractivity contribution in [2.45, 2.75) is 63.2 Å². The number of esters is 1. The van der Waals surface area contributed by atoms with Crippen LogP contribution in [-0.4, -0.2) is 63.4 Å². The van der Waals surface area contributed by atoms with Crippen LogP contribution in [0.25, 0.3) is 10.8 Å². The average Bonchev–Trinajstić information content (AvgIpc) is 3.15. The Morgan fingerprint density at radius 2 is 1.84 bits per heavy atom. The molecule has 3 aromatic rings. The molecule has 1 fully saturated rings. The third-order valence-corrected chi connectivity index (χ3v) is 8.40. The lowest BCUT2D eigenvalue weighted by atomic mass is 9.96. The second kappa shape index (κ2) is 12.6. The summed E-state index contributed by atoms with van der Waals surface area (Å²) < 4.78 is 94.6. The molecule has 1 unspecified atom stereocenters. The normalized spacial score (nSPS) is 23.5. The predicted octanol–water partition coefficient (Wildman–Crippen LogP) is 4.01. The first-order valence-corrected chi connectivity index (χ1v) is 14.9. The molecule has 1 aromatic heterocycles. The van der Waals surface area contributed by atoms with Gasteiger partial charge in [-0.3, -0.25) is 23.7 Å². The van der Waals surface area contributed by atoms with Gasteiger partial charge in [0.15, 0.2) is 11.7 Å². The van der Waals surface area contributed by atoms with Gasteiger partial charge in [-0.25, -0.2) is 18.1 Å². The van der Waals surface area contributed by atoms with Crippen molar-refractivity contribution in [3.63, 3.8) is 0 Å². The molecule has 0 saturated carbocycles. The number of benzene rings is 2. The molecule has 0 amide bonds. The third kappa shape index (κ3) is 6.55. The highest BCUT2D eigenvalue weighted by Crippen LogP contribution is 2.53. The summed E-state index contributed by atoms with van der Waals surface area (Å²) in [6.07, 6.45) is -10.4. The molecule has 2 heterocycles. The molecule has 12 nitrogen and oxygen atoms in total. The van der Waals surface area contributed by atoms with E-state index in [0.29, 0.717) is 17.0 Å². The largest absolute Gasteiger partial charge is 0.462 e. The van der Waals surface area contributed by atoms with Gasteiger partial charge in [0.2, 0.25) is 6.23 Å². The summed E-state index contributed by atoms with van der Waals surface area (Å²) in [5.74, 6) is -5.64. The zero-order chi connectivity index (χ0) is 32.6. The van der Waals surface area contributed by atoms with Gasteiger partial charge in [0.05, 0.1) is 12.7 Å². The molecular weight excluding hydrogens is 641 g/mol. The van der Waals surface area contributed by atoms with Gasteiger partial charge >= 0.3 is 25.3 Å². The average molecular weight is 668 g/mol. The molecule has 1 aliphatic rings. The summed E-state index contributed by atoms with van der Waals surface area (Å²) in [7, 11) is -4.97. The zero-order valence-electron chi connectivity index (χ0n) is 23.2. The highest BCUT2D eigenvalue weighted by molar-refractivity contribution is 7.52. The fourth-order valence-electron chi connectivity index (χ4n) is 4.34. The number of carbonyl (C=O) groups excluding carboxylic acids is 1. The van der Waals surface area contributed by atoms with E-state index in [2.05, 4.69) is 5.09 Å². The molecule has 0 bridgehead atoms. The Morgan fingerprint density at radius 3 is 2.50 bits per heavy atom. The van der Waals surface area contributed by atoms with E-state index in [9.17, 15) is 32.8 Å². The van der Waals surface area contributed by atoms with Crippen molar-refractivity contribution in [2.75, 3.05) is 6.61 Å². The number of aromatic nitrogens is 2. The highest BCUT2D eigenvalue weighted by Gasteiger charge is 2.71. The Kier molecular flexibility index (Phi) is 9.64. The van der Waals surface area contributed by atoms with Gasteiger partial charge in [-0.05, 0) is 32.2 Å². The standard InChI is InChI=1S/C26H27ClF4N3O9P/c1-13(2)41-20(36)14(3)33-44(39,43-18-10-6-8-15-7-4-5-9-16(15)18)40-12-25(22(28)29)21(37)26(30,31)23(42-25)34-11-17(27)19(35)32-24(34)38/h4-11,13-14,21-23,37H,12H2,1-3H3,(H,33,39)(H,32,35,38)/t14-,21+,23+,25+,44?/m0/s1. The van der Waals surface area contributed by atoms with E-state index < -0.39 is 79.0 Å². The molecule has 4 rings (SSSR count). The minimum absolute atomic E-state index is 0.0194. The Balaban J connectivity index is 1.72. The van der Waals surface area contributed by atoms with Crippen LogP contribution in [0.15, 0.2) is 58.3 Å². The van der Waals surface area contributed by atoms with Crippen molar-refractivity contribution in [1.29, 1.82) is 0 Å². The second-order valence-electron chi connectivity index (χ2n) is 10.1. The van der Waals surface area contributed by atoms with Crippen molar-refractivity contribution in [1.82, 2.24) is 14.6 Å². The number of nitrogens with zero attached hydrogens (tertiary/aromatic N) is 1. The Morgan fingerprint density at radius 1 is 1.18 bits per heavy atom. The van der Waals surface area contributed by atoms with Gasteiger partial charge in [-0.15, -0.1) is 0 Å². The van der Waals surface area contributed by atoms with E-state index >= 15 is 8.78 Å². The molecule has 2 aromatic carbocycles. The van der Waals surface area contributed by atoms with Crippen LogP contribution in [0.2, 0.25) is 5.02 Å². The molecule has 240 valence electrons. The second-order valence-corrected chi connectivity index (χ2v) is 12.2. The monoisotopic (exact) mass is 667 g/mol. The van der Waals surface area contributed by atoms with Crippen LogP contribution >= 0.6 is 19.3 Å². The number of aliphatic hydroxyl groups excluding tert-OH is 1. The van der Waals surface area contributed by atoms with Crippen LogP contribution in [0.1, 0.15) is 27.0 Å². The number of rotatable bonds is 11. The molecule has 3 N–H and O–H groups in total. The number of halogens is 5. The molecule has 0 spiro atoms. The summed E-state index contributed by atoms with van der Waals surface area (Å²) in [5, 5.41) is 13.0. The van der Waals surface area contributed by atoms with Crippen LogP contribution in [0.4, 0.5) is 17.6 Å². The Bertz CT molecular complexity index is 1700. The van der Waals surface area contributed by atoms with Crippen molar-refractivity contribution in [3.8, 4) is 5.75 Å². The van der Waals surface area contributed by atoms with Crippen LogP contribution in [0.3, 0.4) is 0 Å². The van der Waals surface area contributed by atoms with Crippen molar-refractivity contribution in [3.05, 3.63) is 74.5 Å². The molecular formula is C26H27ClF4N3O9P. The molecule has 1 aliphatic heterocycles. The number of alkyl halides is 4. The van der Waals surface area contributed by atoms with Gasteiger partial charge < -0.3 is 19.1 Å². The lowest BCUT2D eigenvalue weighted by Crippen LogP contribution is -2.54. The third-order valence-electron chi connectivity index (χ3n) is 6.52. The topological polar surface area (TPSA) is 158 Å². The van der Waals surface area contributed by atoms with E-state index in [1.54, 1.807) is 35.3 Å². The van der Waals surface area contributed by atoms with Crippen LogP contribution in [-0.2, 0) is 23.4 Å². The van der Waals surface area contributed by atoms with Gasteiger partial charge in [0, 0.05) is 11.6 Å². The summed E-state index contributed by atoms with van der Waals surface area (Å²) in [6.45, 7) is 2.57. The summed E-state index contributed by atoms with van der Waals surface area (Å²) in [5.41, 5.74) is -6.27. The van der Waals surface area contributed by atoms with Crippen molar-refractivity contribution < 1.29 is 50.5 Å². The maximum absolute atomic E-state index is 15.3. The Hall–Kier alpha value is -3.27. The highest BCUT2D eigenvalue weighted by atomic mass is 35.5. The lowest BCUT2D eigenvalue weighted by Gasteiger charge is -2.32. The number of carbonyl (C=O) groups is 1. The number of aromatic amines is 1. The lowest BCUT2D eigenvalue weighted by molar-refractivity contribution is -0.193. The summed E-state index contributed by atoms with van der Waals surface area (Å²) >= 11 is 5.63. The number of hydrogen-bond donors (Lipinski definition) is 3. The number of ether oxygens (including phenoxy) is 2. The molecule has 5 atom stereocenters. The summed E-state index contributed by atoms with van der Waals surface area (Å²) in [4.78, 5) is 38.0. The molecule has 0 aliphatic carbocycles. The molecule has 44 heavy (non-hydrogen) atoms. The number of H-pyrrole nitrogens is 1. The maximum Gasteiger partial charge on any atom is 0.459 e. The van der Waals surface area contributed by atoms with Crippen molar-refractivity contribution >= 4 is 36.1 Å². The van der Waals surface area contributed by atoms with Gasteiger partial charge in [0.1, 0.15) is 16.8 Å². The number of fused-ring (bicyclic) bond motifs is 1. The molecule has 18 heteroatoms. The van der Waals surface area contributed by atoms with Crippen LogP contribution in [0, 0.1) is 0 Å². The fourth-order valence-corrected chi connectivity index (χ4v) is 6.04. The van der Waals surface area contributed by atoms with E-state index in [1.165, 1.54) is 32.9 Å². The smallest absolute Gasteiger partial charge is 0.459 e. The summed E-state index contributed by atoms with van der Waals surface area (Å²) in [6, 6.07) is 9.71. The minimum Gasteiger partial charge on any atom is -0.462 e. The SMILES string of the molecule is CC(C)OC(=O)[C@H](C)NP(=O)(OC[C@@]1(C(F)F)O[C@@H](n2cc(Cl)c(=O)[nH]c2=O)C(F)(F)[C@@H]1O)Oc1cccc2ccccc12. The predicted molar refractivity (Wildman–Crippen MR) is 148 cm³/mol. The maximum atomic E-state index is 15.3. The van der Waals surface area contributed by atoms with Crippen LogP contribution < -0.4 is 20.9 Å². The van der Waals surface area contributed by atoms with Crippen molar-refractivity contribution in [2.24, 2.45) is 0 Å². The molecule has 0 radical (unpaired) electrons. The first-order valence-electron chi connectivity index (χ1n) is 12.9. The first-order chi connectivity index (χ1) is 20.5. The van der Waals surface area contributed by atoms with E-state index in [0.717, 1.165) is 0 Å². The quantitative estimate of drug-likeness (QED) is 0.155. The van der Waals surface area contributed by atoms with E-state index in [4.69, 9.17) is 30.1 Å². The fraction of sp³-hybridized carbons (Fsp3) is 0.423. The van der Waals surface area contributed by atoms with Crippen LogP contribution in [0.5, 0.6) is 5.75 Å². The minimum atomic E-state index is -4.97. The Labute approximate surface area is 251 Å².